The second kappa shape index (κ2) is 12.5. The Morgan fingerprint density at radius 3 is 2.21 bits per heavy atom. The minimum atomic E-state index is -0.702. The van der Waals surface area contributed by atoms with Crippen molar-refractivity contribution in [2.24, 2.45) is 11.8 Å². The van der Waals surface area contributed by atoms with E-state index in [0.717, 1.165) is 29.9 Å². The minimum absolute atomic E-state index is 0.0632. The quantitative estimate of drug-likeness (QED) is 0.495. The molecule has 0 aliphatic carbocycles. The molecule has 29 heavy (non-hydrogen) atoms. The second-order valence-electron chi connectivity index (χ2n) is 7.56. The number of benzene rings is 2. The first-order valence-corrected chi connectivity index (χ1v) is 10.3. The van der Waals surface area contributed by atoms with E-state index in [9.17, 15) is 10.2 Å². The predicted octanol–water partition coefficient (Wildman–Crippen LogP) is 4.07. The first-order valence-electron chi connectivity index (χ1n) is 10.3. The Balaban J connectivity index is 1.64. The molecule has 0 aliphatic rings. The molecule has 0 bridgehead atoms. The van der Waals surface area contributed by atoms with Gasteiger partial charge in [0.15, 0.2) is 0 Å². The van der Waals surface area contributed by atoms with Crippen LogP contribution < -0.4 is 9.47 Å². The molecule has 2 aromatic carbocycles. The Hall–Kier alpha value is -2.08. The molecule has 5 heteroatoms. The van der Waals surface area contributed by atoms with Crippen LogP contribution >= 0.6 is 0 Å². The van der Waals surface area contributed by atoms with Crippen molar-refractivity contribution in [2.75, 3.05) is 20.3 Å². The lowest BCUT2D eigenvalue weighted by Gasteiger charge is -2.28. The third-order valence-corrected chi connectivity index (χ3v) is 5.26. The zero-order valence-electron chi connectivity index (χ0n) is 17.7. The molecular weight excluding hydrogens is 368 g/mol. The van der Waals surface area contributed by atoms with Crippen molar-refractivity contribution in [2.45, 2.75) is 45.5 Å². The maximum absolute atomic E-state index is 10.6. The highest BCUT2D eigenvalue weighted by molar-refractivity contribution is 5.31. The summed E-state index contributed by atoms with van der Waals surface area (Å²) in [5, 5.41) is 20.9. The van der Waals surface area contributed by atoms with E-state index < -0.39 is 12.2 Å². The van der Waals surface area contributed by atoms with Crippen LogP contribution in [0.15, 0.2) is 54.6 Å². The van der Waals surface area contributed by atoms with Crippen LogP contribution in [-0.2, 0) is 11.3 Å². The van der Waals surface area contributed by atoms with E-state index in [1.54, 1.807) is 7.11 Å². The number of rotatable bonds is 13. The van der Waals surface area contributed by atoms with Crippen molar-refractivity contribution in [1.82, 2.24) is 0 Å². The number of methoxy groups -OCH3 is 1. The van der Waals surface area contributed by atoms with Gasteiger partial charge in [0.1, 0.15) is 11.5 Å². The van der Waals surface area contributed by atoms with Crippen LogP contribution in [0.4, 0.5) is 0 Å². The Labute approximate surface area is 174 Å². The van der Waals surface area contributed by atoms with Crippen molar-refractivity contribution in [3.63, 3.8) is 0 Å². The lowest BCUT2D eigenvalue weighted by Crippen LogP contribution is -2.36. The van der Waals surface area contributed by atoms with Crippen molar-refractivity contribution in [3.8, 4) is 11.5 Å². The Morgan fingerprint density at radius 2 is 1.55 bits per heavy atom. The lowest BCUT2D eigenvalue weighted by molar-refractivity contribution is -0.0509. The van der Waals surface area contributed by atoms with Gasteiger partial charge < -0.3 is 24.4 Å². The van der Waals surface area contributed by atoms with E-state index in [1.165, 1.54) is 0 Å². The summed E-state index contributed by atoms with van der Waals surface area (Å²) in [6, 6.07) is 17.3. The molecule has 160 valence electrons. The summed E-state index contributed by atoms with van der Waals surface area (Å²) < 4.78 is 16.5. The van der Waals surface area contributed by atoms with E-state index in [0.29, 0.717) is 13.2 Å². The summed E-state index contributed by atoms with van der Waals surface area (Å²) in [5.41, 5.74) is 1.07. The Bertz CT molecular complexity index is 673. The van der Waals surface area contributed by atoms with Crippen LogP contribution in [0.1, 0.15) is 32.3 Å². The maximum Gasteiger partial charge on any atom is 0.119 e. The second-order valence-corrected chi connectivity index (χ2v) is 7.56. The summed E-state index contributed by atoms with van der Waals surface area (Å²) in [4.78, 5) is 0. The van der Waals surface area contributed by atoms with E-state index >= 15 is 0 Å². The molecule has 0 aromatic heterocycles. The number of aliphatic hydroxyl groups excluding tert-OH is 2. The SMILES string of the molecule is COc1ccc(OCCCC(C)C(O)C(C)C(O)COCc2ccccc2)cc1. The van der Waals surface area contributed by atoms with Gasteiger partial charge in [-0.3, -0.25) is 0 Å². The van der Waals surface area contributed by atoms with Gasteiger partial charge in [-0.2, -0.15) is 0 Å². The third kappa shape index (κ3) is 8.05. The van der Waals surface area contributed by atoms with Gasteiger partial charge in [-0.15, -0.1) is 0 Å². The smallest absolute Gasteiger partial charge is 0.119 e. The fourth-order valence-corrected chi connectivity index (χ4v) is 3.21. The molecule has 0 aliphatic heterocycles. The number of ether oxygens (including phenoxy) is 3. The van der Waals surface area contributed by atoms with Gasteiger partial charge in [0.05, 0.1) is 39.1 Å². The van der Waals surface area contributed by atoms with Gasteiger partial charge in [0.2, 0.25) is 0 Å². The van der Waals surface area contributed by atoms with Crippen molar-refractivity contribution >= 4 is 0 Å². The highest BCUT2D eigenvalue weighted by Gasteiger charge is 2.27. The van der Waals surface area contributed by atoms with Crippen LogP contribution in [0.2, 0.25) is 0 Å². The van der Waals surface area contributed by atoms with E-state index in [4.69, 9.17) is 14.2 Å². The molecule has 0 saturated carbocycles. The van der Waals surface area contributed by atoms with Crippen LogP contribution in [0, 0.1) is 11.8 Å². The standard InChI is InChI=1S/C24H34O5/c1-18(8-7-15-29-22-13-11-21(27-3)12-14-22)24(26)19(2)23(25)17-28-16-20-9-5-4-6-10-20/h4-6,9-14,18-19,23-26H,7-8,15-17H2,1-3H3. The van der Waals surface area contributed by atoms with Crippen LogP contribution in [0.5, 0.6) is 11.5 Å². The Morgan fingerprint density at radius 1 is 0.897 bits per heavy atom. The summed E-state index contributed by atoms with van der Waals surface area (Å²) in [5.74, 6) is 1.41. The van der Waals surface area contributed by atoms with Crippen molar-refractivity contribution < 1.29 is 24.4 Å². The molecule has 5 nitrogen and oxygen atoms in total. The van der Waals surface area contributed by atoms with Gasteiger partial charge in [0, 0.05) is 5.92 Å². The molecule has 4 unspecified atom stereocenters. The van der Waals surface area contributed by atoms with Gasteiger partial charge in [0.25, 0.3) is 0 Å². The highest BCUT2D eigenvalue weighted by atomic mass is 16.5. The first-order chi connectivity index (χ1) is 14.0. The van der Waals surface area contributed by atoms with Crippen molar-refractivity contribution in [1.29, 1.82) is 0 Å². The van der Waals surface area contributed by atoms with E-state index in [1.807, 2.05) is 68.4 Å². The number of aliphatic hydroxyl groups is 2. The molecule has 0 radical (unpaired) electrons. The molecule has 0 heterocycles. The van der Waals surface area contributed by atoms with Gasteiger partial charge in [-0.05, 0) is 48.6 Å². The number of hydrogen-bond donors (Lipinski definition) is 2. The van der Waals surface area contributed by atoms with Gasteiger partial charge in [-0.25, -0.2) is 0 Å². The molecule has 0 fully saturated rings. The molecule has 4 atom stereocenters. The van der Waals surface area contributed by atoms with Crippen LogP contribution in [0.25, 0.3) is 0 Å². The van der Waals surface area contributed by atoms with Crippen molar-refractivity contribution in [3.05, 3.63) is 60.2 Å². The summed E-state index contributed by atoms with van der Waals surface area (Å²) in [6.45, 7) is 5.12. The molecule has 0 spiro atoms. The van der Waals surface area contributed by atoms with Crippen LogP contribution in [0.3, 0.4) is 0 Å². The summed E-state index contributed by atoms with van der Waals surface area (Å²) in [6.07, 6.45) is 0.356. The molecule has 2 N–H and O–H groups in total. The van der Waals surface area contributed by atoms with Crippen LogP contribution in [-0.4, -0.2) is 42.7 Å². The lowest BCUT2D eigenvalue weighted by atomic mass is 9.87. The normalized spacial score (nSPS) is 15.3. The third-order valence-electron chi connectivity index (χ3n) is 5.26. The minimum Gasteiger partial charge on any atom is -0.497 e. The van der Waals surface area contributed by atoms with Gasteiger partial charge in [-0.1, -0.05) is 44.2 Å². The van der Waals surface area contributed by atoms with Gasteiger partial charge >= 0.3 is 0 Å². The average molecular weight is 403 g/mol. The summed E-state index contributed by atoms with van der Waals surface area (Å²) >= 11 is 0. The monoisotopic (exact) mass is 402 g/mol. The summed E-state index contributed by atoms with van der Waals surface area (Å²) in [7, 11) is 1.63. The highest BCUT2D eigenvalue weighted by Crippen LogP contribution is 2.22. The fourth-order valence-electron chi connectivity index (χ4n) is 3.21. The average Bonchev–Trinajstić information content (AvgIpc) is 2.76. The fraction of sp³-hybridized carbons (Fsp3) is 0.500. The molecule has 0 amide bonds. The Kier molecular flexibility index (Phi) is 9.98. The first kappa shape index (κ1) is 23.2. The molecular formula is C24H34O5. The molecule has 2 aromatic rings. The van der Waals surface area contributed by atoms with E-state index in [2.05, 4.69) is 0 Å². The van der Waals surface area contributed by atoms with E-state index in [-0.39, 0.29) is 18.4 Å². The maximum atomic E-state index is 10.6. The zero-order valence-corrected chi connectivity index (χ0v) is 17.7. The number of hydrogen-bond acceptors (Lipinski definition) is 5. The predicted molar refractivity (Wildman–Crippen MR) is 114 cm³/mol. The zero-order chi connectivity index (χ0) is 21.1. The molecule has 2 rings (SSSR count). The largest absolute Gasteiger partial charge is 0.497 e. The topological polar surface area (TPSA) is 68.2 Å². The molecule has 0 saturated heterocycles.